The third-order valence-electron chi connectivity index (χ3n) is 1.10. The molecule has 0 amide bonds. The van der Waals surface area contributed by atoms with Crippen molar-refractivity contribution in [3.63, 3.8) is 0 Å². The van der Waals surface area contributed by atoms with Crippen LogP contribution in [0, 0.1) is 0 Å². The van der Waals surface area contributed by atoms with E-state index in [4.69, 9.17) is 22.4 Å². The minimum atomic E-state index is -1.18. The van der Waals surface area contributed by atoms with Crippen LogP contribution < -0.4 is 5.73 Å². The van der Waals surface area contributed by atoms with Gasteiger partial charge in [-0.3, -0.25) is 0 Å². The molecular weight excluding hydrogens is 203 g/mol. The van der Waals surface area contributed by atoms with Gasteiger partial charge in [-0.15, -0.1) is 12.4 Å². The molecule has 0 aromatic carbocycles. The molecule has 66 valence electrons. The molecule has 0 aliphatic heterocycles. The Morgan fingerprint density at radius 2 is 2.17 bits per heavy atom. The predicted octanol–water partition coefficient (Wildman–Crippen LogP) is 1.44. The number of halogens is 2. The number of nitrogen functional groups attached to an aromatic ring is 1. The summed E-state index contributed by atoms with van der Waals surface area (Å²) in [6.07, 6.45) is 0. The predicted molar refractivity (Wildman–Crippen MR) is 47.9 cm³/mol. The molecule has 0 atom stereocenters. The smallest absolute Gasteiger partial charge is 0.356 e. The Kier molecular flexibility index (Phi) is 3.79. The van der Waals surface area contributed by atoms with Crippen molar-refractivity contribution in [2.24, 2.45) is 0 Å². The van der Waals surface area contributed by atoms with Gasteiger partial charge in [0.05, 0.1) is 5.69 Å². The first kappa shape index (κ1) is 11.0. The maximum atomic E-state index is 10.4. The molecule has 1 aromatic heterocycles. The van der Waals surface area contributed by atoms with Gasteiger partial charge in [-0.1, -0.05) is 11.6 Å². The van der Waals surface area contributed by atoms with Crippen LogP contribution in [0.2, 0.25) is 5.15 Å². The zero-order valence-electron chi connectivity index (χ0n) is 5.82. The van der Waals surface area contributed by atoms with Crippen LogP contribution in [0.1, 0.15) is 10.5 Å². The van der Waals surface area contributed by atoms with Crippen molar-refractivity contribution in [3.8, 4) is 0 Å². The van der Waals surface area contributed by atoms with E-state index in [-0.39, 0.29) is 28.9 Å². The fraction of sp³-hybridized carbons (Fsp3) is 0. The third-order valence-corrected chi connectivity index (χ3v) is 1.31. The van der Waals surface area contributed by atoms with Crippen LogP contribution in [0.4, 0.5) is 5.69 Å². The van der Waals surface area contributed by atoms with E-state index >= 15 is 0 Å². The monoisotopic (exact) mass is 208 g/mol. The summed E-state index contributed by atoms with van der Waals surface area (Å²) in [7, 11) is 0. The molecule has 0 aliphatic rings. The quantitative estimate of drug-likeness (QED) is 0.686. The van der Waals surface area contributed by atoms with E-state index < -0.39 is 5.97 Å². The van der Waals surface area contributed by atoms with Gasteiger partial charge in [0.2, 0.25) is 0 Å². The summed E-state index contributed by atoms with van der Waals surface area (Å²) >= 11 is 5.43. The lowest BCUT2D eigenvalue weighted by molar-refractivity contribution is 0.0692. The third kappa shape index (κ3) is 2.25. The van der Waals surface area contributed by atoms with Crippen molar-refractivity contribution in [2.45, 2.75) is 0 Å². The van der Waals surface area contributed by atoms with Gasteiger partial charge >= 0.3 is 5.97 Å². The Labute approximate surface area is 79.8 Å². The summed E-state index contributed by atoms with van der Waals surface area (Å²) in [5, 5.41) is 8.61. The summed E-state index contributed by atoms with van der Waals surface area (Å²) in [6, 6.07) is 2.84. The molecule has 6 heteroatoms. The van der Waals surface area contributed by atoms with Gasteiger partial charge in [-0.2, -0.15) is 0 Å². The molecule has 0 fully saturated rings. The molecular formula is C6H6Cl2N2O2. The van der Waals surface area contributed by atoms with Crippen molar-refractivity contribution in [3.05, 3.63) is 23.0 Å². The molecule has 1 aromatic rings. The highest BCUT2D eigenvalue weighted by atomic mass is 35.5. The van der Waals surface area contributed by atoms with Crippen LogP contribution in [0.5, 0.6) is 0 Å². The minimum absolute atomic E-state index is 0. The Bertz CT molecular complexity index is 304. The average molecular weight is 209 g/mol. The molecule has 0 saturated carbocycles. The summed E-state index contributed by atoms with van der Waals surface area (Å²) in [6.45, 7) is 0. The van der Waals surface area contributed by atoms with E-state index in [0.717, 1.165) is 0 Å². The topological polar surface area (TPSA) is 76.2 Å². The van der Waals surface area contributed by atoms with Crippen molar-refractivity contribution < 1.29 is 9.90 Å². The number of aromatic nitrogens is 1. The molecule has 0 saturated heterocycles. The lowest BCUT2D eigenvalue weighted by atomic mass is 10.3. The fourth-order valence-corrected chi connectivity index (χ4v) is 0.765. The number of hydrogen-bond acceptors (Lipinski definition) is 3. The number of nitrogens with two attached hydrogens (primary N) is 1. The summed E-state index contributed by atoms with van der Waals surface area (Å²) in [4.78, 5) is 13.9. The highest BCUT2D eigenvalue weighted by Crippen LogP contribution is 2.12. The first-order valence-electron chi connectivity index (χ1n) is 2.76. The van der Waals surface area contributed by atoms with Crippen molar-refractivity contribution in [1.82, 2.24) is 4.98 Å². The van der Waals surface area contributed by atoms with Gasteiger partial charge in [0, 0.05) is 0 Å². The van der Waals surface area contributed by atoms with Crippen LogP contribution in [0.15, 0.2) is 12.1 Å². The van der Waals surface area contributed by atoms with E-state index in [0.29, 0.717) is 0 Å². The highest BCUT2D eigenvalue weighted by Gasteiger charge is 2.08. The number of rotatable bonds is 1. The average Bonchev–Trinajstić information content (AvgIpc) is 1.94. The molecule has 0 spiro atoms. The number of nitrogens with zero attached hydrogens (tertiary/aromatic N) is 1. The molecule has 1 heterocycles. The molecule has 12 heavy (non-hydrogen) atoms. The number of carbonyl (C=O) groups is 1. The van der Waals surface area contributed by atoms with Crippen molar-refractivity contribution in [1.29, 1.82) is 0 Å². The Morgan fingerprint density at radius 1 is 1.58 bits per heavy atom. The van der Waals surface area contributed by atoms with E-state index in [9.17, 15) is 4.79 Å². The van der Waals surface area contributed by atoms with Gasteiger partial charge in [-0.05, 0) is 12.1 Å². The van der Waals surface area contributed by atoms with Gasteiger partial charge in [0.15, 0.2) is 5.69 Å². The maximum Gasteiger partial charge on any atom is 0.356 e. The van der Waals surface area contributed by atoms with Crippen LogP contribution in [-0.4, -0.2) is 16.1 Å². The number of carboxylic acid groups (broad SMARTS) is 1. The van der Waals surface area contributed by atoms with E-state index in [1.165, 1.54) is 12.1 Å². The van der Waals surface area contributed by atoms with Gasteiger partial charge in [-0.25, -0.2) is 9.78 Å². The maximum absolute atomic E-state index is 10.4. The molecule has 0 bridgehead atoms. The highest BCUT2D eigenvalue weighted by molar-refractivity contribution is 6.29. The zero-order valence-corrected chi connectivity index (χ0v) is 7.39. The molecule has 0 aliphatic carbocycles. The van der Waals surface area contributed by atoms with Crippen LogP contribution >= 0.6 is 24.0 Å². The number of aromatic carboxylic acids is 1. The van der Waals surface area contributed by atoms with E-state index in [1.54, 1.807) is 0 Å². The lowest BCUT2D eigenvalue weighted by Gasteiger charge is -1.97. The number of carboxylic acids is 1. The largest absolute Gasteiger partial charge is 0.476 e. The SMILES string of the molecule is Cl.Nc1ccc(Cl)nc1C(=O)O. The number of anilines is 1. The summed E-state index contributed by atoms with van der Waals surface area (Å²) in [5.74, 6) is -1.18. The summed E-state index contributed by atoms with van der Waals surface area (Å²) < 4.78 is 0. The first-order chi connectivity index (χ1) is 5.11. The Hall–Kier alpha value is -1.00. The van der Waals surface area contributed by atoms with Gasteiger partial charge < -0.3 is 10.8 Å². The standard InChI is InChI=1S/C6H5ClN2O2.ClH/c7-4-2-1-3(8)5(9-4)6(10)11;/h1-2H,8H2,(H,10,11);1H. The van der Waals surface area contributed by atoms with Crippen LogP contribution in [0.3, 0.4) is 0 Å². The molecule has 0 unspecified atom stereocenters. The minimum Gasteiger partial charge on any atom is -0.476 e. The second-order valence-electron chi connectivity index (χ2n) is 1.88. The molecule has 4 nitrogen and oxygen atoms in total. The lowest BCUT2D eigenvalue weighted by Crippen LogP contribution is -2.04. The fourth-order valence-electron chi connectivity index (χ4n) is 0.617. The van der Waals surface area contributed by atoms with Crippen LogP contribution in [-0.2, 0) is 0 Å². The Balaban J connectivity index is 0.00000121. The number of hydrogen-bond donors (Lipinski definition) is 2. The molecule has 0 radical (unpaired) electrons. The number of pyridine rings is 1. The Morgan fingerprint density at radius 3 is 2.58 bits per heavy atom. The van der Waals surface area contributed by atoms with E-state index in [1.807, 2.05) is 0 Å². The van der Waals surface area contributed by atoms with Gasteiger partial charge in [0.25, 0.3) is 0 Å². The van der Waals surface area contributed by atoms with Crippen molar-refractivity contribution >= 4 is 35.7 Å². The van der Waals surface area contributed by atoms with E-state index in [2.05, 4.69) is 4.98 Å². The normalized spacial score (nSPS) is 8.75. The van der Waals surface area contributed by atoms with Gasteiger partial charge in [0.1, 0.15) is 5.15 Å². The summed E-state index contributed by atoms with van der Waals surface area (Å²) in [5.41, 5.74) is 5.19. The first-order valence-corrected chi connectivity index (χ1v) is 3.14. The zero-order chi connectivity index (χ0) is 8.43. The molecule has 1 rings (SSSR count). The van der Waals surface area contributed by atoms with Crippen molar-refractivity contribution in [2.75, 3.05) is 5.73 Å². The molecule has 3 N–H and O–H groups in total. The second-order valence-corrected chi connectivity index (χ2v) is 2.26. The second kappa shape index (κ2) is 4.13. The van der Waals surface area contributed by atoms with Crippen LogP contribution in [0.25, 0.3) is 0 Å².